The Morgan fingerprint density at radius 2 is 1.52 bits per heavy atom. The normalized spacial score (nSPS) is 22.2. The third-order valence-electron chi connectivity index (χ3n) is 5.61. The molecule has 1 aromatic heterocycles. The van der Waals surface area contributed by atoms with Crippen LogP contribution in [0.1, 0.15) is 50.7 Å². The molecule has 1 amide bonds. The quantitative estimate of drug-likeness (QED) is 0.361. The number of benzene rings is 1. The van der Waals surface area contributed by atoms with Crippen LogP contribution in [0.5, 0.6) is 0 Å². The summed E-state index contributed by atoms with van der Waals surface area (Å²) in [5.41, 5.74) is -0.496. The van der Waals surface area contributed by atoms with Crippen LogP contribution in [0.15, 0.2) is 47.4 Å². The Morgan fingerprint density at radius 3 is 2.10 bits per heavy atom. The Balaban J connectivity index is 1.99. The van der Waals surface area contributed by atoms with Crippen molar-refractivity contribution in [2.24, 2.45) is 0 Å². The fraction of sp³-hybridized carbons (Fsp3) is 0.423. The van der Waals surface area contributed by atoms with Crippen molar-refractivity contribution < 1.29 is 47.7 Å². The number of hydrogen-bond donors (Lipinski definition) is 1. The molecule has 214 valence electrons. The number of ether oxygens (including phenoxy) is 5. The van der Waals surface area contributed by atoms with E-state index in [0.717, 1.165) is 32.3 Å². The van der Waals surface area contributed by atoms with Crippen molar-refractivity contribution in [1.29, 1.82) is 0 Å². The van der Waals surface area contributed by atoms with E-state index >= 15 is 0 Å². The van der Waals surface area contributed by atoms with Crippen LogP contribution < -0.4 is 11.0 Å². The maximum absolute atomic E-state index is 13.0. The maximum atomic E-state index is 13.0. The molecule has 1 fully saturated rings. The lowest BCUT2D eigenvalue weighted by atomic mass is 10.0. The molecule has 2 heterocycles. The Hall–Kier alpha value is -4.59. The van der Waals surface area contributed by atoms with Gasteiger partial charge in [0.25, 0.3) is 5.91 Å². The number of aromatic nitrogens is 2. The summed E-state index contributed by atoms with van der Waals surface area (Å²) < 4.78 is 28.4. The predicted octanol–water partition coefficient (Wildman–Crippen LogP) is 1.14. The second-order valence-electron chi connectivity index (χ2n) is 8.79. The molecule has 1 saturated heterocycles. The summed E-state index contributed by atoms with van der Waals surface area (Å²) in [6.45, 7) is 4.03. The third-order valence-corrected chi connectivity index (χ3v) is 5.61. The van der Waals surface area contributed by atoms with Crippen molar-refractivity contribution in [3.05, 3.63) is 58.6 Å². The average molecular weight is 560 g/mol. The number of nitrogens with zero attached hydrogens (tertiary/aromatic N) is 2. The highest BCUT2D eigenvalue weighted by Crippen LogP contribution is 2.32. The molecule has 40 heavy (non-hydrogen) atoms. The molecular weight excluding hydrogens is 530 g/mol. The van der Waals surface area contributed by atoms with Gasteiger partial charge in [-0.1, -0.05) is 18.2 Å². The number of nitrogens with one attached hydrogen (secondary N) is 1. The fourth-order valence-corrected chi connectivity index (χ4v) is 4.08. The molecule has 5 atom stereocenters. The Morgan fingerprint density at radius 1 is 0.900 bits per heavy atom. The van der Waals surface area contributed by atoms with E-state index in [1.54, 1.807) is 30.3 Å². The van der Waals surface area contributed by atoms with Crippen LogP contribution in [0.4, 0.5) is 5.82 Å². The summed E-state index contributed by atoms with van der Waals surface area (Å²) >= 11 is 0. The van der Waals surface area contributed by atoms with Gasteiger partial charge >= 0.3 is 29.6 Å². The van der Waals surface area contributed by atoms with E-state index in [1.807, 2.05) is 0 Å². The van der Waals surface area contributed by atoms with E-state index in [4.69, 9.17) is 23.7 Å². The van der Waals surface area contributed by atoms with Crippen molar-refractivity contribution in [2.75, 3.05) is 11.9 Å². The van der Waals surface area contributed by atoms with Crippen molar-refractivity contribution in [3.8, 4) is 0 Å². The molecule has 1 aliphatic heterocycles. The van der Waals surface area contributed by atoms with Crippen LogP contribution in [0, 0.1) is 0 Å². The lowest BCUT2D eigenvalue weighted by Gasteiger charge is -2.32. The van der Waals surface area contributed by atoms with Gasteiger partial charge in [-0.15, -0.1) is 0 Å². The highest BCUT2D eigenvalue weighted by Gasteiger charge is 2.48. The van der Waals surface area contributed by atoms with Gasteiger partial charge in [0.15, 0.2) is 12.2 Å². The number of anilines is 1. The Labute approximate surface area is 228 Å². The van der Waals surface area contributed by atoms with Gasteiger partial charge in [-0.25, -0.2) is 4.79 Å². The number of rotatable bonds is 8. The summed E-state index contributed by atoms with van der Waals surface area (Å²) in [6.07, 6.45) is -5.44. The molecule has 3 rings (SSSR count). The van der Waals surface area contributed by atoms with Crippen molar-refractivity contribution >= 4 is 35.6 Å². The summed E-state index contributed by atoms with van der Waals surface area (Å²) in [6, 6.07) is 9.65. The van der Waals surface area contributed by atoms with E-state index in [0.29, 0.717) is 5.56 Å². The first-order chi connectivity index (χ1) is 18.9. The van der Waals surface area contributed by atoms with Crippen molar-refractivity contribution in [3.63, 3.8) is 0 Å². The number of carbonyl (C=O) groups excluding carboxylic acids is 5. The summed E-state index contributed by atoms with van der Waals surface area (Å²) in [4.78, 5) is 76.9. The largest absolute Gasteiger partial charge is 0.463 e. The summed E-state index contributed by atoms with van der Waals surface area (Å²) in [5.74, 6) is -3.50. The van der Waals surface area contributed by atoms with E-state index in [-0.39, 0.29) is 12.2 Å². The fourth-order valence-electron chi connectivity index (χ4n) is 4.08. The topological polar surface area (TPSA) is 178 Å². The molecule has 1 aromatic carbocycles. The van der Waals surface area contributed by atoms with Gasteiger partial charge in [-0.3, -0.25) is 28.5 Å². The van der Waals surface area contributed by atoms with E-state index in [1.165, 1.54) is 12.3 Å². The summed E-state index contributed by atoms with van der Waals surface area (Å²) in [7, 11) is 0. The van der Waals surface area contributed by atoms with Crippen molar-refractivity contribution in [2.45, 2.75) is 64.8 Å². The lowest BCUT2D eigenvalue weighted by molar-refractivity contribution is -0.194. The maximum Gasteiger partial charge on any atom is 0.351 e. The monoisotopic (exact) mass is 559 g/mol. The van der Waals surface area contributed by atoms with Gasteiger partial charge in [0.2, 0.25) is 0 Å². The van der Waals surface area contributed by atoms with Gasteiger partial charge in [0.05, 0.1) is 0 Å². The Bertz CT molecular complexity index is 1310. The first kappa shape index (κ1) is 30.0. The lowest BCUT2D eigenvalue weighted by Crippen LogP contribution is -2.50. The van der Waals surface area contributed by atoms with E-state index < -0.39 is 72.7 Å². The minimum Gasteiger partial charge on any atom is -0.463 e. The van der Waals surface area contributed by atoms with E-state index in [9.17, 15) is 28.8 Å². The molecule has 1 aliphatic rings. The van der Waals surface area contributed by atoms with Gasteiger partial charge in [-0.05, 0) is 18.2 Å². The predicted molar refractivity (Wildman–Crippen MR) is 135 cm³/mol. The SMILES string of the molecule is CC(=O)OC[C@H]1O[C@@H](n2ccc(NC(=O)c3ccccc3)nc2=O)C[C@H](OC(C)=O)[C@H](OC(C)=O)[C@@H]1OC(C)=O. The molecule has 1 N–H and O–H groups in total. The molecule has 14 nitrogen and oxygen atoms in total. The molecule has 0 radical (unpaired) electrons. The summed E-state index contributed by atoms with van der Waals surface area (Å²) in [5, 5.41) is 2.53. The van der Waals surface area contributed by atoms with Crippen LogP contribution in [-0.4, -0.2) is 70.4 Å². The first-order valence-corrected chi connectivity index (χ1v) is 12.2. The highest BCUT2D eigenvalue weighted by atomic mass is 16.6. The molecule has 2 aromatic rings. The molecule has 0 aliphatic carbocycles. The van der Waals surface area contributed by atoms with Crippen LogP contribution in [0.2, 0.25) is 0 Å². The minimum atomic E-state index is -1.39. The zero-order valence-electron chi connectivity index (χ0n) is 22.2. The zero-order valence-corrected chi connectivity index (χ0v) is 22.2. The number of esters is 4. The first-order valence-electron chi connectivity index (χ1n) is 12.2. The van der Waals surface area contributed by atoms with Crippen molar-refractivity contribution in [1.82, 2.24) is 9.55 Å². The van der Waals surface area contributed by atoms with Crippen LogP contribution in [0.3, 0.4) is 0 Å². The molecule has 0 unspecified atom stereocenters. The smallest absolute Gasteiger partial charge is 0.351 e. The third kappa shape index (κ3) is 8.20. The number of amides is 1. The average Bonchev–Trinajstić information content (AvgIpc) is 2.99. The van der Waals surface area contributed by atoms with Crippen LogP contribution >= 0.6 is 0 Å². The van der Waals surface area contributed by atoms with Gasteiger partial charge < -0.3 is 29.0 Å². The molecule has 14 heteroatoms. The second-order valence-corrected chi connectivity index (χ2v) is 8.79. The molecular formula is C26H29N3O11. The van der Waals surface area contributed by atoms with Crippen LogP contribution in [-0.2, 0) is 42.9 Å². The zero-order chi connectivity index (χ0) is 29.4. The second kappa shape index (κ2) is 13.5. The molecule has 0 saturated carbocycles. The Kier molecular flexibility index (Phi) is 10.1. The van der Waals surface area contributed by atoms with Crippen LogP contribution in [0.25, 0.3) is 0 Å². The number of carbonyl (C=O) groups is 5. The van der Waals surface area contributed by atoms with Gasteiger partial charge in [-0.2, -0.15) is 4.98 Å². The number of hydrogen-bond acceptors (Lipinski definition) is 12. The molecule has 0 spiro atoms. The molecule has 0 bridgehead atoms. The standard InChI is InChI=1S/C26H29N3O11/c1-14(30)36-13-20-24(39-17(4)33)23(38-16(3)32)19(37-15(2)31)12-22(40-20)29-11-10-21(28-26(29)35)27-25(34)18-8-6-5-7-9-18/h5-11,19-20,22-24H,12-13H2,1-4H3,(H,27,28,34,35)/t19-,20+,22+,23-,24+/m0/s1. The van der Waals surface area contributed by atoms with Gasteiger partial charge in [0.1, 0.15) is 30.9 Å². The highest BCUT2D eigenvalue weighted by molar-refractivity contribution is 6.03. The van der Waals surface area contributed by atoms with Gasteiger partial charge in [0, 0.05) is 45.9 Å². The van der Waals surface area contributed by atoms with E-state index in [2.05, 4.69) is 10.3 Å². The minimum absolute atomic E-state index is 0.0349.